The molecule has 0 spiro atoms. The number of nitrogens with zero attached hydrogens (tertiary/aromatic N) is 1. The Balaban J connectivity index is 1.56. The van der Waals surface area contributed by atoms with Gasteiger partial charge in [0.1, 0.15) is 0 Å². The summed E-state index contributed by atoms with van der Waals surface area (Å²) in [5, 5.41) is 0. The van der Waals surface area contributed by atoms with Crippen LogP contribution in [0.4, 0.5) is 0 Å². The van der Waals surface area contributed by atoms with Crippen LogP contribution in [0.25, 0.3) is 0 Å². The number of likely N-dealkylation sites (tertiary alicyclic amines) is 1. The third-order valence-corrected chi connectivity index (χ3v) is 5.56. The number of methoxy groups -OCH3 is 1. The summed E-state index contributed by atoms with van der Waals surface area (Å²) in [7, 11) is 1.50. The molecule has 0 saturated carbocycles. The second kappa shape index (κ2) is 11.4. The maximum atomic E-state index is 12.8. The molecule has 8 nitrogen and oxygen atoms in total. The van der Waals surface area contributed by atoms with Gasteiger partial charge >= 0.3 is 0 Å². The van der Waals surface area contributed by atoms with Crippen molar-refractivity contribution in [1.82, 2.24) is 15.8 Å². The van der Waals surface area contributed by atoms with Gasteiger partial charge in [0.05, 0.1) is 19.6 Å². The lowest BCUT2D eigenvalue weighted by Gasteiger charge is -2.32. The Hall–Kier alpha value is -3.55. The van der Waals surface area contributed by atoms with Crippen LogP contribution in [0.1, 0.15) is 52.5 Å². The van der Waals surface area contributed by atoms with Crippen molar-refractivity contribution in [2.75, 3.05) is 26.8 Å². The molecule has 0 aromatic heterocycles. The summed E-state index contributed by atoms with van der Waals surface area (Å²) in [6.45, 7) is 5.43. The summed E-state index contributed by atoms with van der Waals surface area (Å²) in [6, 6.07) is 12.2. The molecule has 1 aliphatic rings. The summed E-state index contributed by atoms with van der Waals surface area (Å²) in [5.41, 5.74) is 6.97. The van der Waals surface area contributed by atoms with E-state index in [9.17, 15) is 14.4 Å². The highest BCUT2D eigenvalue weighted by molar-refractivity contribution is 5.97. The third-order valence-electron chi connectivity index (χ3n) is 5.56. The van der Waals surface area contributed by atoms with Gasteiger partial charge < -0.3 is 14.4 Å². The SMILES string of the molecule is CCCOc1ccc(C(=O)NNC(=O)C2CCCN(C(=O)c3ccc(C)cc3)C2)cc1OC. The first kappa shape index (κ1) is 24.1. The van der Waals surface area contributed by atoms with Crippen LogP contribution >= 0.6 is 0 Å². The van der Waals surface area contributed by atoms with E-state index >= 15 is 0 Å². The second-order valence-electron chi connectivity index (χ2n) is 8.11. The van der Waals surface area contributed by atoms with Crippen LogP contribution in [0.2, 0.25) is 0 Å². The van der Waals surface area contributed by atoms with Crippen molar-refractivity contribution >= 4 is 17.7 Å². The zero-order chi connectivity index (χ0) is 23.8. The molecular weight excluding hydrogens is 422 g/mol. The summed E-state index contributed by atoms with van der Waals surface area (Å²) in [5.74, 6) is -0.269. The van der Waals surface area contributed by atoms with Gasteiger partial charge in [-0.15, -0.1) is 0 Å². The lowest BCUT2D eigenvalue weighted by Crippen LogP contribution is -2.50. The van der Waals surface area contributed by atoms with Crippen molar-refractivity contribution in [3.05, 3.63) is 59.2 Å². The van der Waals surface area contributed by atoms with Crippen LogP contribution in [0, 0.1) is 12.8 Å². The van der Waals surface area contributed by atoms with Gasteiger partial charge in [-0.1, -0.05) is 24.6 Å². The minimum Gasteiger partial charge on any atom is -0.493 e. The lowest BCUT2D eigenvalue weighted by molar-refractivity contribution is -0.127. The molecule has 176 valence electrons. The van der Waals surface area contributed by atoms with Crippen molar-refractivity contribution in [2.24, 2.45) is 5.92 Å². The molecule has 2 N–H and O–H groups in total. The van der Waals surface area contributed by atoms with Crippen molar-refractivity contribution in [1.29, 1.82) is 0 Å². The molecule has 33 heavy (non-hydrogen) atoms. The Morgan fingerprint density at radius 1 is 1.03 bits per heavy atom. The van der Waals surface area contributed by atoms with Crippen LogP contribution in [0.3, 0.4) is 0 Å². The fourth-order valence-corrected chi connectivity index (χ4v) is 3.69. The Kier molecular flexibility index (Phi) is 8.29. The predicted octanol–water partition coefficient (Wildman–Crippen LogP) is 3.11. The normalized spacial score (nSPS) is 15.5. The molecule has 0 bridgehead atoms. The van der Waals surface area contributed by atoms with Crippen LogP contribution in [-0.2, 0) is 4.79 Å². The molecular formula is C25H31N3O5. The molecule has 1 heterocycles. The fraction of sp³-hybridized carbons (Fsp3) is 0.400. The number of hydrogen-bond acceptors (Lipinski definition) is 5. The number of hydrazine groups is 1. The predicted molar refractivity (Wildman–Crippen MR) is 124 cm³/mol. The summed E-state index contributed by atoms with van der Waals surface area (Å²) in [6.07, 6.45) is 2.23. The quantitative estimate of drug-likeness (QED) is 0.628. The molecule has 3 rings (SSSR count). The molecule has 1 aliphatic heterocycles. The largest absolute Gasteiger partial charge is 0.493 e. The van der Waals surface area contributed by atoms with Gasteiger partial charge in [-0.3, -0.25) is 25.2 Å². The number of carbonyl (C=O) groups is 3. The van der Waals surface area contributed by atoms with E-state index in [1.54, 1.807) is 35.2 Å². The highest BCUT2D eigenvalue weighted by atomic mass is 16.5. The topological polar surface area (TPSA) is 97.0 Å². The molecule has 3 amide bonds. The smallest absolute Gasteiger partial charge is 0.269 e. The molecule has 1 fully saturated rings. The number of carbonyl (C=O) groups excluding carboxylic acids is 3. The monoisotopic (exact) mass is 453 g/mol. The van der Waals surface area contributed by atoms with E-state index in [0.29, 0.717) is 48.7 Å². The first-order chi connectivity index (χ1) is 15.9. The molecule has 1 atom stereocenters. The molecule has 0 aliphatic carbocycles. The summed E-state index contributed by atoms with van der Waals surface area (Å²) < 4.78 is 10.9. The van der Waals surface area contributed by atoms with Crippen molar-refractivity contribution in [3.8, 4) is 11.5 Å². The van der Waals surface area contributed by atoms with Crippen LogP contribution < -0.4 is 20.3 Å². The first-order valence-corrected chi connectivity index (χ1v) is 11.2. The summed E-state index contributed by atoms with van der Waals surface area (Å²) in [4.78, 5) is 39.7. The average Bonchev–Trinajstić information content (AvgIpc) is 2.85. The number of ether oxygens (including phenoxy) is 2. The molecule has 1 saturated heterocycles. The minimum atomic E-state index is -0.466. The Bertz CT molecular complexity index is 990. The molecule has 1 unspecified atom stereocenters. The Morgan fingerprint density at radius 2 is 1.76 bits per heavy atom. The average molecular weight is 454 g/mol. The fourth-order valence-electron chi connectivity index (χ4n) is 3.69. The number of hydrogen-bond donors (Lipinski definition) is 2. The highest BCUT2D eigenvalue weighted by Gasteiger charge is 2.29. The van der Waals surface area contributed by atoms with E-state index < -0.39 is 11.8 Å². The van der Waals surface area contributed by atoms with E-state index in [1.165, 1.54) is 7.11 Å². The van der Waals surface area contributed by atoms with Gasteiger partial charge in [0, 0.05) is 24.2 Å². The second-order valence-corrected chi connectivity index (χ2v) is 8.11. The number of rotatable bonds is 7. The van der Waals surface area contributed by atoms with E-state index in [0.717, 1.165) is 18.4 Å². The van der Waals surface area contributed by atoms with Crippen LogP contribution in [0.15, 0.2) is 42.5 Å². The number of amides is 3. The molecule has 2 aromatic rings. The highest BCUT2D eigenvalue weighted by Crippen LogP contribution is 2.28. The van der Waals surface area contributed by atoms with Crippen molar-refractivity contribution in [3.63, 3.8) is 0 Å². The number of nitrogens with one attached hydrogen (secondary N) is 2. The zero-order valence-electron chi connectivity index (χ0n) is 19.3. The van der Waals surface area contributed by atoms with E-state index in [2.05, 4.69) is 10.9 Å². The zero-order valence-corrected chi connectivity index (χ0v) is 19.3. The van der Waals surface area contributed by atoms with Gasteiger partial charge in [0.25, 0.3) is 11.8 Å². The van der Waals surface area contributed by atoms with E-state index in [1.807, 2.05) is 26.0 Å². The van der Waals surface area contributed by atoms with Gasteiger partial charge in [-0.25, -0.2) is 0 Å². The Labute approximate surface area is 194 Å². The number of piperidine rings is 1. The molecule has 0 radical (unpaired) electrons. The molecule has 8 heteroatoms. The van der Waals surface area contributed by atoms with E-state index in [4.69, 9.17) is 9.47 Å². The lowest BCUT2D eigenvalue weighted by atomic mass is 9.96. The maximum Gasteiger partial charge on any atom is 0.269 e. The maximum absolute atomic E-state index is 12.8. The molecule has 2 aromatic carbocycles. The number of benzene rings is 2. The summed E-state index contributed by atoms with van der Waals surface area (Å²) >= 11 is 0. The van der Waals surface area contributed by atoms with Gasteiger partial charge in [0.15, 0.2) is 11.5 Å². The van der Waals surface area contributed by atoms with Crippen molar-refractivity contribution < 1.29 is 23.9 Å². The van der Waals surface area contributed by atoms with Gasteiger partial charge in [-0.2, -0.15) is 0 Å². The van der Waals surface area contributed by atoms with Gasteiger partial charge in [-0.05, 0) is 56.5 Å². The van der Waals surface area contributed by atoms with Crippen molar-refractivity contribution in [2.45, 2.75) is 33.1 Å². The van der Waals surface area contributed by atoms with Crippen LogP contribution in [0.5, 0.6) is 11.5 Å². The first-order valence-electron chi connectivity index (χ1n) is 11.2. The third kappa shape index (κ3) is 6.25. The minimum absolute atomic E-state index is 0.0889. The standard InChI is InChI=1S/C25H31N3O5/c1-4-14-33-21-12-11-19(15-22(21)32-3)23(29)26-27-24(30)20-6-5-13-28(16-20)25(31)18-9-7-17(2)8-10-18/h7-12,15,20H,4-6,13-14,16H2,1-3H3,(H,26,29)(H,27,30). The van der Waals surface area contributed by atoms with Gasteiger partial charge in [0.2, 0.25) is 5.91 Å². The Morgan fingerprint density at radius 3 is 2.45 bits per heavy atom. The van der Waals surface area contributed by atoms with E-state index in [-0.39, 0.29) is 11.8 Å². The van der Waals surface area contributed by atoms with Crippen LogP contribution in [-0.4, -0.2) is 49.4 Å². The number of aryl methyl sites for hydroxylation is 1.